The van der Waals surface area contributed by atoms with Crippen LogP contribution in [0.2, 0.25) is 0 Å². The number of nitrogens with zero attached hydrogens (tertiary/aromatic N) is 1. The van der Waals surface area contributed by atoms with Crippen LogP contribution < -0.4 is 0 Å². The normalized spacial score (nSPS) is 15.8. The molecule has 1 saturated heterocycles. The average Bonchev–Trinajstić information content (AvgIpc) is 2.70. The van der Waals surface area contributed by atoms with Gasteiger partial charge in [0.25, 0.3) is 0 Å². The van der Waals surface area contributed by atoms with Gasteiger partial charge in [0.05, 0.1) is 18.1 Å². The van der Waals surface area contributed by atoms with E-state index < -0.39 is 10.0 Å². The van der Waals surface area contributed by atoms with Crippen molar-refractivity contribution in [3.63, 3.8) is 0 Å². The van der Waals surface area contributed by atoms with Gasteiger partial charge < -0.3 is 9.84 Å². The molecule has 28 heavy (non-hydrogen) atoms. The highest BCUT2D eigenvalue weighted by molar-refractivity contribution is 7.89. The molecular formula is C21H23NO5S. The van der Waals surface area contributed by atoms with E-state index in [2.05, 4.69) is 0 Å². The molecule has 1 heterocycles. The molecule has 0 aromatic heterocycles. The number of phenolic OH excluding ortho intramolecular Hbond substituents is 1. The number of phenols is 1. The predicted molar refractivity (Wildman–Crippen MR) is 107 cm³/mol. The molecule has 0 bridgehead atoms. The summed E-state index contributed by atoms with van der Waals surface area (Å²) in [5.74, 6) is 0.0271. The number of aryl methyl sites for hydroxylation is 2. The van der Waals surface area contributed by atoms with Crippen LogP contribution >= 0.6 is 0 Å². The minimum Gasteiger partial charge on any atom is -0.507 e. The zero-order chi connectivity index (χ0) is 20.3. The van der Waals surface area contributed by atoms with Gasteiger partial charge in [-0.3, -0.25) is 4.79 Å². The Labute approximate surface area is 165 Å². The van der Waals surface area contributed by atoms with Gasteiger partial charge in [-0.15, -0.1) is 0 Å². The zero-order valence-electron chi connectivity index (χ0n) is 15.9. The van der Waals surface area contributed by atoms with Crippen molar-refractivity contribution in [2.75, 3.05) is 26.3 Å². The molecule has 1 aliphatic rings. The van der Waals surface area contributed by atoms with E-state index in [1.54, 1.807) is 32.1 Å². The second kappa shape index (κ2) is 8.26. The van der Waals surface area contributed by atoms with E-state index in [0.717, 1.165) is 16.7 Å². The van der Waals surface area contributed by atoms with Crippen molar-refractivity contribution >= 4 is 21.9 Å². The molecule has 0 radical (unpaired) electrons. The molecule has 7 heteroatoms. The highest BCUT2D eigenvalue weighted by Crippen LogP contribution is 2.24. The van der Waals surface area contributed by atoms with Crippen LogP contribution in [0.15, 0.2) is 47.4 Å². The van der Waals surface area contributed by atoms with Gasteiger partial charge in [0.2, 0.25) is 10.0 Å². The highest BCUT2D eigenvalue weighted by atomic mass is 32.2. The third-order valence-electron chi connectivity index (χ3n) is 4.69. The number of carbonyl (C=O) groups is 1. The monoisotopic (exact) mass is 401 g/mol. The van der Waals surface area contributed by atoms with E-state index in [1.807, 2.05) is 0 Å². The Bertz CT molecular complexity index is 981. The number of ether oxygens (including phenoxy) is 1. The van der Waals surface area contributed by atoms with Crippen LogP contribution in [0.25, 0.3) is 6.08 Å². The molecule has 0 spiro atoms. The molecule has 0 aliphatic carbocycles. The molecule has 1 N–H and O–H groups in total. The summed E-state index contributed by atoms with van der Waals surface area (Å²) in [4.78, 5) is 12.6. The van der Waals surface area contributed by atoms with Crippen molar-refractivity contribution in [2.24, 2.45) is 0 Å². The topological polar surface area (TPSA) is 83.9 Å². The quantitative estimate of drug-likeness (QED) is 0.615. The van der Waals surface area contributed by atoms with Crippen LogP contribution in [0.3, 0.4) is 0 Å². The highest BCUT2D eigenvalue weighted by Gasteiger charge is 2.26. The van der Waals surface area contributed by atoms with Gasteiger partial charge in [-0.1, -0.05) is 6.08 Å². The minimum absolute atomic E-state index is 0.166. The van der Waals surface area contributed by atoms with Crippen molar-refractivity contribution in [1.82, 2.24) is 4.31 Å². The molecule has 0 saturated carbocycles. The van der Waals surface area contributed by atoms with Gasteiger partial charge in [-0.05, 0) is 73.0 Å². The first-order chi connectivity index (χ1) is 13.3. The number of hydrogen-bond acceptors (Lipinski definition) is 5. The molecule has 1 aliphatic heterocycles. The number of morpholine rings is 1. The lowest BCUT2D eigenvalue weighted by Crippen LogP contribution is -2.40. The standard InChI is InChI=1S/C21H23NO5S/c1-15-13-17(14-16(2)21(15)24)3-8-20(23)18-4-6-19(7-5-18)28(25,26)22-9-11-27-12-10-22/h3-8,13-14,24H,9-12H2,1-2H3/b8-3+. The van der Waals surface area contributed by atoms with E-state index >= 15 is 0 Å². The molecule has 0 amide bonds. The minimum atomic E-state index is -3.57. The van der Waals surface area contributed by atoms with E-state index in [4.69, 9.17) is 4.74 Å². The number of ketones is 1. The summed E-state index contributed by atoms with van der Waals surface area (Å²) in [7, 11) is -3.57. The second-order valence-corrected chi connectivity index (χ2v) is 8.68. The first kappa shape index (κ1) is 20.3. The van der Waals surface area contributed by atoms with Gasteiger partial charge in [0.1, 0.15) is 5.75 Å². The maximum atomic E-state index is 12.6. The SMILES string of the molecule is Cc1cc(/C=C/C(=O)c2ccc(S(=O)(=O)N3CCOCC3)cc2)cc(C)c1O. The maximum absolute atomic E-state index is 12.6. The van der Waals surface area contributed by atoms with Crippen LogP contribution in [-0.2, 0) is 14.8 Å². The Hall–Kier alpha value is -2.48. The van der Waals surface area contributed by atoms with Crippen molar-refractivity contribution in [3.05, 3.63) is 64.7 Å². The summed E-state index contributed by atoms with van der Waals surface area (Å²) < 4.78 is 31.8. The molecular weight excluding hydrogens is 378 g/mol. The Morgan fingerprint density at radius 2 is 1.64 bits per heavy atom. The number of benzene rings is 2. The second-order valence-electron chi connectivity index (χ2n) is 6.74. The van der Waals surface area contributed by atoms with Crippen LogP contribution in [0.4, 0.5) is 0 Å². The Morgan fingerprint density at radius 3 is 2.21 bits per heavy atom. The lowest BCUT2D eigenvalue weighted by atomic mass is 10.0. The summed E-state index contributed by atoms with van der Waals surface area (Å²) in [6.07, 6.45) is 3.12. The lowest BCUT2D eigenvalue weighted by molar-refractivity contribution is 0.0730. The van der Waals surface area contributed by atoms with Crippen molar-refractivity contribution in [1.29, 1.82) is 0 Å². The van der Waals surface area contributed by atoms with Gasteiger partial charge >= 0.3 is 0 Å². The van der Waals surface area contributed by atoms with Gasteiger partial charge in [0.15, 0.2) is 5.78 Å². The number of rotatable bonds is 5. The first-order valence-corrected chi connectivity index (χ1v) is 10.4. The summed E-state index contributed by atoms with van der Waals surface area (Å²) in [5, 5.41) is 9.82. The largest absolute Gasteiger partial charge is 0.507 e. The fourth-order valence-electron chi connectivity index (χ4n) is 3.08. The van der Waals surface area contributed by atoms with E-state index in [9.17, 15) is 18.3 Å². The molecule has 0 unspecified atom stereocenters. The Balaban J connectivity index is 1.75. The number of sulfonamides is 1. The average molecular weight is 401 g/mol. The van der Waals surface area contributed by atoms with Crippen molar-refractivity contribution < 1.29 is 23.1 Å². The fraction of sp³-hybridized carbons (Fsp3) is 0.286. The van der Waals surface area contributed by atoms with Crippen LogP contribution in [0, 0.1) is 13.8 Å². The van der Waals surface area contributed by atoms with Crippen molar-refractivity contribution in [2.45, 2.75) is 18.7 Å². The van der Waals surface area contributed by atoms with E-state index in [0.29, 0.717) is 31.9 Å². The van der Waals surface area contributed by atoms with Gasteiger partial charge in [0, 0.05) is 18.7 Å². The molecule has 148 valence electrons. The predicted octanol–water partition coefficient (Wildman–Crippen LogP) is 2.93. The maximum Gasteiger partial charge on any atom is 0.243 e. The van der Waals surface area contributed by atoms with Gasteiger partial charge in [-0.25, -0.2) is 8.42 Å². The summed E-state index contributed by atoms with van der Waals surface area (Å²) in [5.41, 5.74) is 2.70. The third kappa shape index (κ3) is 4.32. The number of hydrogen-bond donors (Lipinski definition) is 1. The molecule has 2 aromatic rings. The van der Waals surface area contributed by atoms with Crippen LogP contribution in [-0.4, -0.2) is 49.9 Å². The van der Waals surface area contributed by atoms with E-state index in [-0.39, 0.29) is 16.4 Å². The first-order valence-electron chi connectivity index (χ1n) is 8.99. The van der Waals surface area contributed by atoms with Crippen molar-refractivity contribution in [3.8, 4) is 5.75 Å². The molecule has 1 fully saturated rings. The molecule has 3 rings (SSSR count). The smallest absolute Gasteiger partial charge is 0.243 e. The van der Waals surface area contributed by atoms with E-state index in [1.165, 1.54) is 34.6 Å². The molecule has 2 aromatic carbocycles. The number of aromatic hydroxyl groups is 1. The lowest BCUT2D eigenvalue weighted by Gasteiger charge is -2.26. The molecule has 0 atom stereocenters. The summed E-state index contributed by atoms with van der Waals surface area (Å²) in [6.45, 7) is 5.03. The summed E-state index contributed by atoms with van der Waals surface area (Å²) >= 11 is 0. The summed E-state index contributed by atoms with van der Waals surface area (Å²) in [6, 6.07) is 9.55. The number of allylic oxidation sites excluding steroid dienone is 1. The zero-order valence-corrected chi connectivity index (χ0v) is 16.7. The fourth-order valence-corrected chi connectivity index (χ4v) is 4.49. The number of carbonyl (C=O) groups excluding carboxylic acids is 1. The molecule has 6 nitrogen and oxygen atoms in total. The van der Waals surface area contributed by atoms with Crippen LogP contribution in [0.1, 0.15) is 27.0 Å². The third-order valence-corrected chi connectivity index (χ3v) is 6.60. The Morgan fingerprint density at radius 1 is 1.07 bits per heavy atom. The van der Waals surface area contributed by atoms with Crippen LogP contribution in [0.5, 0.6) is 5.75 Å². The van der Waals surface area contributed by atoms with Gasteiger partial charge in [-0.2, -0.15) is 4.31 Å². The Kier molecular flexibility index (Phi) is 5.98.